The molecule has 7 heteroatoms. The molecule has 0 aliphatic heterocycles. The van der Waals surface area contributed by atoms with Crippen LogP contribution in [-0.4, -0.2) is 27.2 Å². The van der Waals surface area contributed by atoms with E-state index in [1.165, 1.54) is 0 Å². The van der Waals surface area contributed by atoms with E-state index in [-0.39, 0.29) is 18.0 Å². The van der Waals surface area contributed by atoms with Gasteiger partial charge in [-0.25, -0.2) is 9.89 Å². The highest BCUT2D eigenvalue weighted by molar-refractivity contribution is 5.90. The molecule has 7 nitrogen and oxygen atoms in total. The smallest absolute Gasteiger partial charge is 0.341 e. The van der Waals surface area contributed by atoms with Crippen molar-refractivity contribution in [2.75, 3.05) is 0 Å². The summed E-state index contributed by atoms with van der Waals surface area (Å²) in [5.74, 6) is 0.259. The third-order valence-corrected chi connectivity index (χ3v) is 2.79. The van der Waals surface area contributed by atoms with Crippen LogP contribution in [0.25, 0.3) is 0 Å². The lowest BCUT2D eigenvalue weighted by molar-refractivity contribution is 0.0929. The van der Waals surface area contributed by atoms with E-state index in [1.54, 1.807) is 0 Å². The number of carbonyl (C=O) groups is 1. The summed E-state index contributed by atoms with van der Waals surface area (Å²) in [6.07, 6.45) is 0.0827. The van der Waals surface area contributed by atoms with Gasteiger partial charge in [-0.1, -0.05) is 12.1 Å². The number of aromatic nitrogens is 3. The zero-order valence-corrected chi connectivity index (χ0v) is 12.1. The first-order chi connectivity index (χ1) is 9.95. The van der Waals surface area contributed by atoms with Gasteiger partial charge in [0.2, 0.25) is 5.82 Å². The molecule has 1 heterocycles. The number of H-pyrrole nitrogens is 2. The van der Waals surface area contributed by atoms with E-state index in [9.17, 15) is 9.59 Å². The van der Waals surface area contributed by atoms with Crippen LogP contribution >= 0.6 is 0 Å². The van der Waals surface area contributed by atoms with E-state index in [4.69, 9.17) is 4.74 Å². The number of aromatic amines is 2. The Morgan fingerprint density at radius 2 is 2.10 bits per heavy atom. The van der Waals surface area contributed by atoms with Crippen molar-refractivity contribution in [1.29, 1.82) is 0 Å². The van der Waals surface area contributed by atoms with Crippen LogP contribution in [0.3, 0.4) is 0 Å². The third kappa shape index (κ3) is 3.95. The minimum Gasteiger partial charge on any atom is -0.491 e. The molecule has 0 unspecified atom stereocenters. The molecule has 3 N–H and O–H groups in total. The van der Waals surface area contributed by atoms with Crippen LogP contribution in [0.2, 0.25) is 0 Å². The zero-order valence-electron chi connectivity index (χ0n) is 12.1. The summed E-state index contributed by atoms with van der Waals surface area (Å²) in [7, 11) is 0. The third-order valence-electron chi connectivity index (χ3n) is 2.79. The Balaban J connectivity index is 2.07. The number of ether oxygens (including phenoxy) is 1. The lowest BCUT2D eigenvalue weighted by Crippen LogP contribution is -2.28. The standard InChI is InChI=1S/C14H18N4O3/c1-8(2)21-11-6-4-5-10(7-11)9(3)15-13(19)12-16-14(20)18-17-12/h4-9H,1-3H3,(H,15,19)(H2,16,17,18,20)/t9-/m1/s1. The number of nitrogens with zero attached hydrogens (tertiary/aromatic N) is 1. The molecule has 0 saturated heterocycles. The second-order valence-corrected chi connectivity index (χ2v) is 4.96. The Morgan fingerprint density at radius 1 is 1.33 bits per heavy atom. The van der Waals surface area contributed by atoms with Crippen molar-refractivity contribution in [3.05, 3.63) is 46.1 Å². The molecule has 21 heavy (non-hydrogen) atoms. The number of amides is 1. The van der Waals surface area contributed by atoms with Crippen molar-refractivity contribution in [1.82, 2.24) is 20.5 Å². The van der Waals surface area contributed by atoms with Gasteiger partial charge in [0.15, 0.2) is 0 Å². The SMILES string of the molecule is CC(C)Oc1cccc([C@@H](C)NC(=O)c2n[nH]c(=O)[nH]2)c1. The summed E-state index contributed by atoms with van der Waals surface area (Å²) in [4.78, 5) is 25.1. The summed E-state index contributed by atoms with van der Waals surface area (Å²) in [6, 6.07) is 7.26. The molecule has 0 radical (unpaired) electrons. The molecule has 0 aliphatic rings. The lowest BCUT2D eigenvalue weighted by Gasteiger charge is -2.15. The summed E-state index contributed by atoms with van der Waals surface area (Å²) >= 11 is 0. The Morgan fingerprint density at radius 3 is 2.71 bits per heavy atom. The van der Waals surface area contributed by atoms with Crippen molar-refractivity contribution in [3.63, 3.8) is 0 Å². The first-order valence-electron chi connectivity index (χ1n) is 6.68. The fraction of sp³-hybridized carbons (Fsp3) is 0.357. The van der Waals surface area contributed by atoms with Crippen LogP contribution in [0.1, 0.15) is 43.0 Å². The van der Waals surface area contributed by atoms with E-state index in [0.29, 0.717) is 0 Å². The average molecular weight is 290 g/mol. The van der Waals surface area contributed by atoms with Crippen molar-refractivity contribution in [2.45, 2.75) is 32.9 Å². The van der Waals surface area contributed by atoms with Gasteiger partial charge in [-0.3, -0.25) is 9.78 Å². The highest BCUT2D eigenvalue weighted by atomic mass is 16.5. The topological polar surface area (TPSA) is 99.9 Å². The number of nitrogens with one attached hydrogen (secondary N) is 3. The predicted molar refractivity (Wildman–Crippen MR) is 77.3 cm³/mol. The Labute approximate surface area is 121 Å². The van der Waals surface area contributed by atoms with Crippen LogP contribution in [0, 0.1) is 0 Å². The quantitative estimate of drug-likeness (QED) is 0.774. The second-order valence-electron chi connectivity index (χ2n) is 4.96. The summed E-state index contributed by atoms with van der Waals surface area (Å²) < 4.78 is 5.62. The van der Waals surface area contributed by atoms with Gasteiger partial charge in [0.1, 0.15) is 5.75 Å². The van der Waals surface area contributed by atoms with Gasteiger partial charge in [0.05, 0.1) is 12.1 Å². The van der Waals surface area contributed by atoms with Gasteiger partial charge in [-0.15, -0.1) is 5.10 Å². The van der Waals surface area contributed by atoms with Gasteiger partial charge < -0.3 is 10.1 Å². The van der Waals surface area contributed by atoms with Gasteiger partial charge in [-0.05, 0) is 38.5 Å². The Kier molecular flexibility index (Phi) is 4.42. The first-order valence-corrected chi connectivity index (χ1v) is 6.68. The fourth-order valence-electron chi connectivity index (χ4n) is 1.86. The molecule has 0 spiro atoms. The molecular weight excluding hydrogens is 272 g/mol. The number of hydrogen-bond donors (Lipinski definition) is 3. The maximum Gasteiger partial charge on any atom is 0.341 e. The average Bonchev–Trinajstić information content (AvgIpc) is 2.85. The maximum atomic E-state index is 11.9. The summed E-state index contributed by atoms with van der Waals surface area (Å²) in [5.41, 5.74) is 0.388. The van der Waals surface area contributed by atoms with Crippen LogP contribution in [0.15, 0.2) is 29.1 Å². The lowest BCUT2D eigenvalue weighted by atomic mass is 10.1. The molecule has 0 saturated carbocycles. The van der Waals surface area contributed by atoms with Crippen LogP contribution < -0.4 is 15.7 Å². The van der Waals surface area contributed by atoms with Crippen molar-refractivity contribution >= 4 is 5.91 Å². The molecule has 2 rings (SSSR count). The molecular formula is C14H18N4O3. The highest BCUT2D eigenvalue weighted by Gasteiger charge is 2.15. The van der Waals surface area contributed by atoms with E-state index in [0.717, 1.165) is 11.3 Å². The molecule has 1 atom stereocenters. The van der Waals surface area contributed by atoms with Gasteiger partial charge in [-0.2, -0.15) is 0 Å². The summed E-state index contributed by atoms with van der Waals surface area (Å²) in [6.45, 7) is 5.74. The van der Waals surface area contributed by atoms with Crippen molar-refractivity contribution in [2.24, 2.45) is 0 Å². The predicted octanol–water partition coefficient (Wildman–Crippen LogP) is 1.38. The normalized spacial score (nSPS) is 12.2. The van der Waals surface area contributed by atoms with Gasteiger partial charge in [0, 0.05) is 0 Å². The molecule has 0 aliphatic carbocycles. The van der Waals surface area contributed by atoms with Gasteiger partial charge >= 0.3 is 5.69 Å². The highest BCUT2D eigenvalue weighted by Crippen LogP contribution is 2.20. The molecule has 0 bridgehead atoms. The van der Waals surface area contributed by atoms with E-state index in [2.05, 4.69) is 20.5 Å². The Hall–Kier alpha value is -2.57. The number of rotatable bonds is 5. The first kappa shape index (κ1) is 14.8. The monoisotopic (exact) mass is 290 g/mol. The van der Waals surface area contributed by atoms with Crippen LogP contribution in [-0.2, 0) is 0 Å². The largest absolute Gasteiger partial charge is 0.491 e. The zero-order chi connectivity index (χ0) is 15.4. The van der Waals surface area contributed by atoms with Crippen molar-refractivity contribution in [3.8, 4) is 5.75 Å². The number of hydrogen-bond acceptors (Lipinski definition) is 4. The van der Waals surface area contributed by atoms with Crippen LogP contribution in [0.5, 0.6) is 5.75 Å². The molecule has 2 aromatic rings. The van der Waals surface area contributed by atoms with E-state index in [1.807, 2.05) is 45.0 Å². The van der Waals surface area contributed by atoms with E-state index >= 15 is 0 Å². The maximum absolute atomic E-state index is 11.9. The molecule has 1 aromatic carbocycles. The second kappa shape index (κ2) is 6.25. The van der Waals surface area contributed by atoms with Gasteiger partial charge in [0.25, 0.3) is 5.91 Å². The van der Waals surface area contributed by atoms with E-state index < -0.39 is 11.6 Å². The summed E-state index contributed by atoms with van der Waals surface area (Å²) in [5, 5.41) is 8.50. The Bertz CT molecular complexity index is 675. The molecule has 1 amide bonds. The minimum atomic E-state index is -0.514. The van der Waals surface area contributed by atoms with Crippen molar-refractivity contribution < 1.29 is 9.53 Å². The number of benzene rings is 1. The minimum absolute atomic E-state index is 0.0403. The van der Waals surface area contributed by atoms with Crippen LogP contribution in [0.4, 0.5) is 0 Å². The fourth-order valence-corrected chi connectivity index (χ4v) is 1.86. The number of carbonyl (C=O) groups excluding carboxylic acids is 1. The molecule has 1 aromatic heterocycles. The molecule has 0 fully saturated rings. The molecule has 112 valence electrons.